The van der Waals surface area contributed by atoms with E-state index in [-0.39, 0.29) is 22.8 Å². The second-order valence-electron chi connectivity index (χ2n) is 4.50. The standard InChI is InChI=1S/C13H14Cl2FN3O/c1-2-5-13(16,12-17-7-18-19-12)11(20)9-4-3-8(14)6-10(9)15/h3-4,6-7,11,20H,2,5H2,1H3,(H,17,18,19). The van der Waals surface area contributed by atoms with Gasteiger partial charge in [0.25, 0.3) is 0 Å². The van der Waals surface area contributed by atoms with Gasteiger partial charge >= 0.3 is 0 Å². The number of aliphatic hydroxyl groups excluding tert-OH is 1. The molecule has 0 amide bonds. The molecule has 2 aromatic rings. The first kappa shape index (κ1) is 15.2. The molecule has 1 aromatic heterocycles. The molecule has 0 aliphatic rings. The van der Waals surface area contributed by atoms with Gasteiger partial charge in [-0.2, -0.15) is 5.10 Å². The van der Waals surface area contributed by atoms with Gasteiger partial charge in [0.1, 0.15) is 12.4 Å². The summed E-state index contributed by atoms with van der Waals surface area (Å²) in [5.74, 6) is -0.0853. The monoisotopic (exact) mass is 317 g/mol. The normalized spacial score (nSPS) is 15.8. The fourth-order valence-electron chi connectivity index (χ4n) is 2.11. The quantitative estimate of drug-likeness (QED) is 0.881. The summed E-state index contributed by atoms with van der Waals surface area (Å²) in [5.41, 5.74) is -1.84. The summed E-state index contributed by atoms with van der Waals surface area (Å²) < 4.78 is 15.2. The van der Waals surface area contributed by atoms with Crippen LogP contribution in [-0.4, -0.2) is 20.3 Å². The third kappa shape index (κ3) is 2.80. The van der Waals surface area contributed by atoms with Crippen molar-refractivity contribution in [3.63, 3.8) is 0 Å². The first-order valence-electron chi connectivity index (χ1n) is 6.17. The second kappa shape index (κ2) is 6.08. The van der Waals surface area contributed by atoms with E-state index < -0.39 is 11.8 Å². The van der Waals surface area contributed by atoms with Crippen LogP contribution < -0.4 is 0 Å². The molecule has 1 heterocycles. The number of aliphatic hydroxyl groups is 1. The van der Waals surface area contributed by atoms with E-state index in [9.17, 15) is 5.11 Å². The van der Waals surface area contributed by atoms with Crippen LogP contribution >= 0.6 is 23.2 Å². The molecule has 4 nitrogen and oxygen atoms in total. The molecule has 1 aromatic carbocycles. The molecule has 2 N–H and O–H groups in total. The lowest BCUT2D eigenvalue weighted by Gasteiger charge is -2.28. The van der Waals surface area contributed by atoms with E-state index in [4.69, 9.17) is 23.2 Å². The van der Waals surface area contributed by atoms with Crippen molar-refractivity contribution in [2.24, 2.45) is 0 Å². The lowest BCUT2D eigenvalue weighted by atomic mass is 9.88. The van der Waals surface area contributed by atoms with Crippen LogP contribution in [0.2, 0.25) is 10.0 Å². The zero-order chi connectivity index (χ0) is 14.8. The summed E-state index contributed by atoms with van der Waals surface area (Å²) in [6.45, 7) is 1.82. The maximum atomic E-state index is 15.2. The fourth-order valence-corrected chi connectivity index (χ4v) is 2.63. The molecule has 0 radical (unpaired) electrons. The van der Waals surface area contributed by atoms with Crippen LogP contribution in [0.5, 0.6) is 0 Å². The molecule has 0 bridgehead atoms. The van der Waals surface area contributed by atoms with E-state index in [2.05, 4.69) is 15.2 Å². The summed E-state index contributed by atoms with van der Waals surface area (Å²) in [4.78, 5) is 3.83. The molecule has 0 spiro atoms. The highest BCUT2D eigenvalue weighted by atomic mass is 35.5. The Bertz CT molecular complexity index is 579. The van der Waals surface area contributed by atoms with Gasteiger partial charge in [-0.05, 0) is 18.6 Å². The highest BCUT2D eigenvalue weighted by Crippen LogP contribution is 2.43. The van der Waals surface area contributed by atoms with Crippen molar-refractivity contribution in [1.82, 2.24) is 15.2 Å². The molecule has 0 aliphatic heterocycles. The number of aromatic amines is 1. The Balaban J connectivity index is 2.43. The van der Waals surface area contributed by atoms with Crippen molar-refractivity contribution >= 4 is 23.2 Å². The Labute approximate surface area is 125 Å². The van der Waals surface area contributed by atoms with Gasteiger partial charge in [0.2, 0.25) is 5.67 Å². The van der Waals surface area contributed by atoms with Crippen LogP contribution in [0.1, 0.15) is 37.3 Å². The predicted octanol–water partition coefficient (Wildman–Crippen LogP) is 3.81. The molecule has 20 heavy (non-hydrogen) atoms. The van der Waals surface area contributed by atoms with Gasteiger partial charge in [-0.15, -0.1) is 0 Å². The smallest absolute Gasteiger partial charge is 0.201 e. The minimum atomic E-state index is -2.10. The summed E-state index contributed by atoms with van der Waals surface area (Å²) in [7, 11) is 0. The van der Waals surface area contributed by atoms with Gasteiger partial charge in [-0.25, -0.2) is 9.37 Å². The Morgan fingerprint density at radius 2 is 2.20 bits per heavy atom. The summed E-state index contributed by atoms with van der Waals surface area (Å²) in [5, 5.41) is 17.3. The lowest BCUT2D eigenvalue weighted by molar-refractivity contribution is -0.0282. The minimum absolute atomic E-state index is 0.0744. The van der Waals surface area contributed by atoms with Crippen molar-refractivity contribution < 1.29 is 9.50 Å². The van der Waals surface area contributed by atoms with Gasteiger partial charge in [-0.3, -0.25) is 5.10 Å². The van der Waals surface area contributed by atoms with E-state index in [1.54, 1.807) is 6.07 Å². The molecule has 108 valence electrons. The number of rotatable bonds is 5. The zero-order valence-corrected chi connectivity index (χ0v) is 12.3. The number of benzene rings is 1. The van der Waals surface area contributed by atoms with Crippen LogP contribution in [-0.2, 0) is 5.67 Å². The number of alkyl halides is 1. The maximum Gasteiger partial charge on any atom is 0.201 e. The van der Waals surface area contributed by atoms with Crippen molar-refractivity contribution in [1.29, 1.82) is 0 Å². The lowest BCUT2D eigenvalue weighted by Crippen LogP contribution is -2.30. The molecule has 0 saturated carbocycles. The molecule has 7 heteroatoms. The summed E-state index contributed by atoms with van der Waals surface area (Å²) >= 11 is 11.8. The first-order chi connectivity index (χ1) is 9.49. The number of hydrogen-bond donors (Lipinski definition) is 2. The van der Waals surface area contributed by atoms with Gasteiger partial charge < -0.3 is 5.11 Å². The van der Waals surface area contributed by atoms with E-state index in [1.165, 1.54) is 18.5 Å². The first-order valence-corrected chi connectivity index (χ1v) is 6.92. The molecular weight excluding hydrogens is 304 g/mol. The van der Waals surface area contributed by atoms with Crippen molar-refractivity contribution in [2.45, 2.75) is 31.5 Å². The number of hydrogen-bond acceptors (Lipinski definition) is 3. The highest BCUT2D eigenvalue weighted by molar-refractivity contribution is 6.35. The Hall–Kier alpha value is -1.17. The number of aromatic nitrogens is 3. The number of H-pyrrole nitrogens is 1. The molecule has 0 fully saturated rings. The van der Waals surface area contributed by atoms with Gasteiger partial charge in [-0.1, -0.05) is 42.6 Å². The zero-order valence-electron chi connectivity index (χ0n) is 10.8. The third-order valence-electron chi connectivity index (χ3n) is 3.09. The van der Waals surface area contributed by atoms with Crippen LogP contribution in [0.25, 0.3) is 0 Å². The van der Waals surface area contributed by atoms with E-state index in [0.29, 0.717) is 11.4 Å². The fraction of sp³-hybridized carbons (Fsp3) is 0.385. The molecule has 2 rings (SSSR count). The molecule has 0 aliphatic carbocycles. The Morgan fingerprint density at radius 3 is 2.75 bits per heavy atom. The number of nitrogens with one attached hydrogen (secondary N) is 1. The van der Waals surface area contributed by atoms with Gasteiger partial charge in [0.15, 0.2) is 5.82 Å². The van der Waals surface area contributed by atoms with E-state index >= 15 is 4.39 Å². The average molecular weight is 318 g/mol. The topological polar surface area (TPSA) is 61.8 Å². The van der Waals surface area contributed by atoms with Crippen molar-refractivity contribution in [3.8, 4) is 0 Å². The molecule has 0 saturated heterocycles. The molecule has 2 atom stereocenters. The average Bonchev–Trinajstić information content (AvgIpc) is 2.92. The molecular formula is C13H14Cl2FN3O. The summed E-state index contributed by atoms with van der Waals surface area (Å²) in [6.07, 6.45) is 0.399. The van der Waals surface area contributed by atoms with E-state index in [0.717, 1.165) is 0 Å². The van der Waals surface area contributed by atoms with Gasteiger partial charge in [0, 0.05) is 15.6 Å². The predicted molar refractivity (Wildman–Crippen MR) is 75.5 cm³/mol. The van der Waals surface area contributed by atoms with E-state index in [1.807, 2.05) is 6.92 Å². The third-order valence-corrected chi connectivity index (χ3v) is 3.65. The number of halogens is 3. The SMILES string of the molecule is CCCC(F)(c1nc[nH]n1)C(O)c1ccc(Cl)cc1Cl. The van der Waals surface area contributed by atoms with Crippen LogP contribution in [0.3, 0.4) is 0 Å². The van der Waals surface area contributed by atoms with Crippen LogP contribution in [0.15, 0.2) is 24.5 Å². The van der Waals surface area contributed by atoms with Crippen molar-refractivity contribution in [3.05, 3.63) is 46.0 Å². The second-order valence-corrected chi connectivity index (χ2v) is 5.35. The largest absolute Gasteiger partial charge is 0.384 e. The minimum Gasteiger partial charge on any atom is -0.384 e. The molecule has 2 unspecified atom stereocenters. The number of nitrogens with zero attached hydrogens (tertiary/aromatic N) is 2. The van der Waals surface area contributed by atoms with Crippen LogP contribution in [0.4, 0.5) is 4.39 Å². The highest BCUT2D eigenvalue weighted by Gasteiger charge is 2.44. The van der Waals surface area contributed by atoms with Gasteiger partial charge in [0.05, 0.1) is 0 Å². The Morgan fingerprint density at radius 1 is 1.45 bits per heavy atom. The van der Waals surface area contributed by atoms with Crippen molar-refractivity contribution in [2.75, 3.05) is 0 Å². The maximum absolute atomic E-state index is 15.2. The van der Waals surface area contributed by atoms with Crippen LogP contribution in [0, 0.1) is 0 Å². The summed E-state index contributed by atoms with van der Waals surface area (Å²) in [6, 6.07) is 4.52. The Kier molecular flexibility index (Phi) is 4.62.